The highest BCUT2D eigenvalue weighted by atomic mass is 35.5. The van der Waals surface area contributed by atoms with Crippen LogP contribution in [0.5, 0.6) is 0 Å². The van der Waals surface area contributed by atoms with Gasteiger partial charge in [0, 0.05) is 50.5 Å². The molecule has 196 valence electrons. The van der Waals surface area contributed by atoms with E-state index in [1.807, 2.05) is 4.90 Å². The molecule has 3 aromatic rings. The van der Waals surface area contributed by atoms with E-state index in [0.717, 1.165) is 31.9 Å². The molecule has 1 aromatic carbocycles. The van der Waals surface area contributed by atoms with Crippen molar-refractivity contribution in [2.45, 2.75) is 38.4 Å². The molecule has 4 heterocycles. The summed E-state index contributed by atoms with van der Waals surface area (Å²) in [5.41, 5.74) is -0.282. The zero-order chi connectivity index (χ0) is 26.2. The molecule has 0 radical (unpaired) electrons. The number of rotatable bonds is 4. The number of aromatic nitrogens is 4. The normalized spacial score (nSPS) is 18.9. The molecule has 0 spiro atoms. The van der Waals surface area contributed by atoms with Crippen LogP contribution in [0.2, 0.25) is 5.02 Å². The lowest BCUT2D eigenvalue weighted by atomic mass is 10.0. The Morgan fingerprint density at radius 2 is 1.65 bits per heavy atom. The van der Waals surface area contributed by atoms with E-state index in [0.29, 0.717) is 49.5 Å². The van der Waals surface area contributed by atoms with Gasteiger partial charge in [-0.3, -0.25) is 0 Å². The van der Waals surface area contributed by atoms with Gasteiger partial charge >= 0.3 is 6.18 Å². The van der Waals surface area contributed by atoms with Gasteiger partial charge in [0.15, 0.2) is 5.82 Å². The van der Waals surface area contributed by atoms with Gasteiger partial charge in [-0.15, -0.1) is 0 Å². The smallest absolute Gasteiger partial charge is 0.353 e. The minimum absolute atomic E-state index is 0.00627. The van der Waals surface area contributed by atoms with Crippen LogP contribution in [0.25, 0.3) is 11.4 Å². The number of nitrogens with zero attached hydrogens (tertiary/aromatic N) is 7. The summed E-state index contributed by atoms with van der Waals surface area (Å²) in [6.07, 6.45) is 0.0290. The predicted molar refractivity (Wildman–Crippen MR) is 135 cm³/mol. The molecule has 37 heavy (non-hydrogen) atoms. The maximum Gasteiger partial charge on any atom is 0.419 e. The van der Waals surface area contributed by atoms with E-state index in [-0.39, 0.29) is 16.9 Å². The van der Waals surface area contributed by atoms with Crippen LogP contribution in [0, 0.1) is 5.82 Å². The van der Waals surface area contributed by atoms with E-state index in [2.05, 4.69) is 26.8 Å². The topological polar surface area (TPSA) is 61.3 Å². The van der Waals surface area contributed by atoms with Crippen LogP contribution < -0.4 is 14.7 Å². The van der Waals surface area contributed by atoms with Crippen LogP contribution in [-0.4, -0.2) is 58.7 Å². The van der Waals surface area contributed by atoms with Gasteiger partial charge in [-0.05, 0) is 56.5 Å². The number of hydrogen-bond acceptors (Lipinski definition) is 7. The third kappa shape index (κ3) is 5.41. The second-order valence-corrected chi connectivity index (χ2v) is 9.68. The summed E-state index contributed by atoms with van der Waals surface area (Å²) in [5.74, 6) is 0.586. The first kappa shape index (κ1) is 25.4. The third-order valence-corrected chi connectivity index (χ3v) is 7.11. The van der Waals surface area contributed by atoms with E-state index < -0.39 is 17.6 Å². The minimum Gasteiger partial charge on any atom is -0.353 e. The van der Waals surface area contributed by atoms with Crippen molar-refractivity contribution in [1.82, 2.24) is 19.9 Å². The molecular weight excluding hydrogens is 510 g/mol. The van der Waals surface area contributed by atoms with Crippen LogP contribution in [0.1, 0.15) is 31.7 Å². The third-order valence-electron chi connectivity index (χ3n) is 6.80. The fraction of sp³-hybridized carbons (Fsp3) is 0.440. The molecule has 7 nitrogen and oxygen atoms in total. The second-order valence-electron chi connectivity index (χ2n) is 9.27. The first-order chi connectivity index (χ1) is 17.7. The molecule has 5 rings (SSSR count). The monoisotopic (exact) mass is 535 g/mol. The molecule has 2 aliphatic heterocycles. The van der Waals surface area contributed by atoms with Crippen molar-refractivity contribution in [3.8, 4) is 11.4 Å². The molecule has 0 saturated carbocycles. The Kier molecular flexibility index (Phi) is 7.06. The van der Waals surface area contributed by atoms with Crippen molar-refractivity contribution in [2.75, 3.05) is 47.4 Å². The van der Waals surface area contributed by atoms with Crippen LogP contribution in [0.15, 0.2) is 36.5 Å². The second kappa shape index (κ2) is 10.3. The number of hydrogen-bond donors (Lipinski definition) is 0. The number of piperazine rings is 1. The Bertz CT molecular complexity index is 1260. The molecule has 2 saturated heterocycles. The molecule has 12 heteroatoms. The van der Waals surface area contributed by atoms with E-state index in [9.17, 15) is 17.6 Å². The number of piperidine rings is 1. The Morgan fingerprint density at radius 3 is 2.35 bits per heavy atom. The molecule has 1 atom stereocenters. The Morgan fingerprint density at radius 1 is 0.919 bits per heavy atom. The number of benzene rings is 1. The predicted octanol–water partition coefficient (Wildman–Crippen LogP) is 5.45. The molecule has 0 N–H and O–H groups in total. The van der Waals surface area contributed by atoms with E-state index in [1.165, 1.54) is 24.4 Å². The summed E-state index contributed by atoms with van der Waals surface area (Å²) >= 11 is 5.87. The molecule has 1 unspecified atom stereocenters. The number of pyridine rings is 1. The Balaban J connectivity index is 1.44. The zero-order valence-corrected chi connectivity index (χ0v) is 21.0. The average molecular weight is 536 g/mol. The van der Waals surface area contributed by atoms with Gasteiger partial charge in [0.05, 0.1) is 10.6 Å². The molecule has 2 aliphatic rings. The highest BCUT2D eigenvalue weighted by molar-refractivity contribution is 6.30. The number of halogens is 5. The minimum atomic E-state index is -4.49. The molecule has 0 aliphatic carbocycles. The molecule has 0 amide bonds. The van der Waals surface area contributed by atoms with Crippen molar-refractivity contribution >= 4 is 29.3 Å². The van der Waals surface area contributed by atoms with Crippen LogP contribution in [-0.2, 0) is 6.18 Å². The van der Waals surface area contributed by atoms with Crippen LogP contribution in [0.4, 0.5) is 35.3 Å². The zero-order valence-electron chi connectivity index (χ0n) is 20.2. The van der Waals surface area contributed by atoms with Crippen LogP contribution >= 0.6 is 11.6 Å². The first-order valence-electron chi connectivity index (χ1n) is 12.2. The van der Waals surface area contributed by atoms with E-state index >= 15 is 0 Å². The van der Waals surface area contributed by atoms with Crippen molar-refractivity contribution in [3.05, 3.63) is 52.9 Å². The largest absolute Gasteiger partial charge is 0.419 e. The van der Waals surface area contributed by atoms with Gasteiger partial charge in [0.2, 0.25) is 11.9 Å². The SMILES string of the molecule is CC1CCCCN1c1nc(-c2ccc(Cl)c(F)c2)nc(N2CCN(c3ncccc3C(F)(F)F)CC2)n1. The molecule has 2 aromatic heterocycles. The van der Waals surface area contributed by atoms with Crippen LogP contribution in [0.3, 0.4) is 0 Å². The van der Waals surface area contributed by atoms with Gasteiger partial charge in [0.25, 0.3) is 0 Å². The quantitative estimate of drug-likeness (QED) is 0.412. The Hall–Kier alpha value is -3.21. The highest BCUT2D eigenvalue weighted by Crippen LogP contribution is 2.36. The summed E-state index contributed by atoms with van der Waals surface area (Å²) in [5, 5.41) is 0.00627. The van der Waals surface area contributed by atoms with Crippen molar-refractivity contribution < 1.29 is 17.6 Å². The molecule has 2 fully saturated rings. The maximum absolute atomic E-state index is 14.2. The standard InChI is InChI=1S/C25H26ClF4N7/c1-16-5-2-3-10-37(16)24-33-21(17-7-8-19(26)20(27)15-17)32-23(34-24)36-13-11-35(12-14-36)22-18(25(28,29)30)6-4-9-31-22/h4,6-9,15-16H,2-3,5,10-14H2,1H3. The first-order valence-corrected chi connectivity index (χ1v) is 12.6. The summed E-state index contributed by atoms with van der Waals surface area (Å²) < 4.78 is 54.8. The van der Waals surface area contributed by atoms with Crippen molar-refractivity contribution in [2.24, 2.45) is 0 Å². The van der Waals surface area contributed by atoms with Gasteiger partial charge in [-0.25, -0.2) is 9.37 Å². The number of alkyl halides is 3. The summed E-state index contributed by atoms with van der Waals surface area (Å²) in [4.78, 5) is 23.7. The Labute approximate surface area is 217 Å². The maximum atomic E-state index is 14.2. The molecule has 0 bridgehead atoms. The lowest BCUT2D eigenvalue weighted by molar-refractivity contribution is -0.137. The lowest BCUT2D eigenvalue weighted by Gasteiger charge is -2.37. The lowest BCUT2D eigenvalue weighted by Crippen LogP contribution is -2.48. The van der Waals surface area contributed by atoms with Gasteiger partial charge in [-0.1, -0.05) is 11.6 Å². The average Bonchev–Trinajstić information content (AvgIpc) is 2.90. The van der Waals surface area contributed by atoms with E-state index in [1.54, 1.807) is 11.0 Å². The van der Waals surface area contributed by atoms with Gasteiger partial charge in [0.1, 0.15) is 11.6 Å². The highest BCUT2D eigenvalue weighted by Gasteiger charge is 2.36. The van der Waals surface area contributed by atoms with Crippen molar-refractivity contribution in [3.63, 3.8) is 0 Å². The fourth-order valence-electron chi connectivity index (χ4n) is 4.77. The van der Waals surface area contributed by atoms with Gasteiger partial charge < -0.3 is 14.7 Å². The fourth-order valence-corrected chi connectivity index (χ4v) is 4.89. The summed E-state index contributed by atoms with van der Waals surface area (Å²) in [6.45, 7) is 4.32. The summed E-state index contributed by atoms with van der Waals surface area (Å²) in [7, 11) is 0. The summed E-state index contributed by atoms with van der Waals surface area (Å²) in [6, 6.07) is 6.99. The molecular formula is C25H26ClF4N7. The number of anilines is 3. The van der Waals surface area contributed by atoms with Crippen molar-refractivity contribution in [1.29, 1.82) is 0 Å². The van der Waals surface area contributed by atoms with E-state index in [4.69, 9.17) is 16.6 Å². The van der Waals surface area contributed by atoms with Gasteiger partial charge in [-0.2, -0.15) is 28.1 Å².